The molecular weight excluding hydrogens is 337 g/mol. The number of halogens is 1. The summed E-state index contributed by atoms with van der Waals surface area (Å²) in [6.07, 6.45) is 2.94. The minimum absolute atomic E-state index is 0.104. The molecule has 0 atom stereocenters. The van der Waals surface area contributed by atoms with Crippen molar-refractivity contribution in [1.29, 1.82) is 0 Å². The zero-order valence-corrected chi connectivity index (χ0v) is 14.4. The smallest absolute Gasteiger partial charge is 0.271 e. The molecule has 1 aliphatic heterocycles. The van der Waals surface area contributed by atoms with Crippen molar-refractivity contribution in [3.05, 3.63) is 53.7 Å². The van der Waals surface area contributed by atoms with Gasteiger partial charge in [0.15, 0.2) is 0 Å². The molecular formula is C18H22FN5O2. The quantitative estimate of drug-likeness (QED) is 0.776. The van der Waals surface area contributed by atoms with Crippen molar-refractivity contribution in [3.8, 4) is 0 Å². The van der Waals surface area contributed by atoms with Crippen molar-refractivity contribution in [2.45, 2.75) is 6.54 Å². The molecule has 1 aromatic carbocycles. The lowest BCUT2D eigenvalue weighted by Gasteiger charge is -2.26. The molecule has 8 heteroatoms. The average Bonchev–Trinajstić information content (AvgIpc) is 2.68. The molecule has 26 heavy (non-hydrogen) atoms. The van der Waals surface area contributed by atoms with Crippen molar-refractivity contribution >= 4 is 11.7 Å². The summed E-state index contributed by atoms with van der Waals surface area (Å²) < 4.78 is 18.9. The maximum atomic E-state index is 13.6. The zero-order valence-electron chi connectivity index (χ0n) is 14.4. The van der Waals surface area contributed by atoms with Crippen LogP contribution in [-0.2, 0) is 11.3 Å². The van der Waals surface area contributed by atoms with Gasteiger partial charge in [0.1, 0.15) is 17.3 Å². The van der Waals surface area contributed by atoms with Crippen LogP contribution in [0.2, 0.25) is 0 Å². The first-order chi connectivity index (χ1) is 12.7. The Hall–Kier alpha value is -2.58. The van der Waals surface area contributed by atoms with Crippen molar-refractivity contribution in [1.82, 2.24) is 20.2 Å². The van der Waals surface area contributed by atoms with Crippen LogP contribution in [-0.4, -0.2) is 60.2 Å². The summed E-state index contributed by atoms with van der Waals surface area (Å²) in [4.78, 5) is 22.7. The second-order valence-electron chi connectivity index (χ2n) is 5.94. The van der Waals surface area contributed by atoms with E-state index in [1.54, 1.807) is 18.2 Å². The topological polar surface area (TPSA) is 79.4 Å². The van der Waals surface area contributed by atoms with Gasteiger partial charge in [0.2, 0.25) is 0 Å². The number of nitrogens with zero attached hydrogens (tertiary/aromatic N) is 3. The van der Waals surface area contributed by atoms with Gasteiger partial charge in [-0.2, -0.15) is 0 Å². The number of rotatable bonds is 7. The Morgan fingerprint density at radius 3 is 2.73 bits per heavy atom. The van der Waals surface area contributed by atoms with Gasteiger partial charge in [0.25, 0.3) is 5.91 Å². The first kappa shape index (κ1) is 18.2. The predicted octanol–water partition coefficient (Wildman–Crippen LogP) is 1.29. The monoisotopic (exact) mass is 359 g/mol. The summed E-state index contributed by atoms with van der Waals surface area (Å²) in [5, 5.41) is 5.83. The van der Waals surface area contributed by atoms with E-state index in [-0.39, 0.29) is 24.0 Å². The van der Waals surface area contributed by atoms with Crippen LogP contribution in [0.3, 0.4) is 0 Å². The number of hydrogen-bond acceptors (Lipinski definition) is 6. The lowest BCUT2D eigenvalue weighted by molar-refractivity contribution is 0.0398. The van der Waals surface area contributed by atoms with E-state index in [1.165, 1.54) is 18.5 Å². The minimum Gasteiger partial charge on any atom is -0.379 e. The zero-order chi connectivity index (χ0) is 18.2. The van der Waals surface area contributed by atoms with Crippen LogP contribution in [0.15, 0.2) is 36.7 Å². The van der Waals surface area contributed by atoms with Crippen LogP contribution in [0.4, 0.5) is 10.2 Å². The third-order valence-electron chi connectivity index (χ3n) is 4.12. The summed E-state index contributed by atoms with van der Waals surface area (Å²) in [5.74, 6) is -0.122. The first-order valence-corrected chi connectivity index (χ1v) is 8.60. The van der Waals surface area contributed by atoms with Crippen molar-refractivity contribution in [2.24, 2.45) is 0 Å². The molecule has 0 unspecified atom stereocenters. The molecule has 2 heterocycles. The standard InChI is InChI=1S/C18H22FN5O2/c19-15-4-2-1-3-14(15)11-23-18(25)16-12-22-17(13-21-16)20-5-6-24-7-9-26-10-8-24/h1-4,12-13H,5-11H2,(H,20,22)(H,23,25). The number of ether oxygens (including phenoxy) is 1. The van der Waals surface area contributed by atoms with E-state index in [0.717, 1.165) is 39.4 Å². The van der Waals surface area contributed by atoms with Crippen molar-refractivity contribution < 1.29 is 13.9 Å². The van der Waals surface area contributed by atoms with Gasteiger partial charge in [-0.05, 0) is 6.07 Å². The average molecular weight is 359 g/mol. The van der Waals surface area contributed by atoms with Gasteiger partial charge in [0.05, 0.1) is 25.6 Å². The lowest BCUT2D eigenvalue weighted by atomic mass is 10.2. The molecule has 3 rings (SSSR count). The van der Waals surface area contributed by atoms with E-state index in [9.17, 15) is 9.18 Å². The number of hydrogen-bond donors (Lipinski definition) is 2. The van der Waals surface area contributed by atoms with Crippen LogP contribution in [0.25, 0.3) is 0 Å². The number of benzene rings is 1. The van der Waals surface area contributed by atoms with Crippen LogP contribution in [0.5, 0.6) is 0 Å². The van der Waals surface area contributed by atoms with Crippen molar-refractivity contribution in [3.63, 3.8) is 0 Å². The van der Waals surface area contributed by atoms with E-state index in [1.807, 2.05) is 0 Å². The number of carbonyl (C=O) groups excluding carboxylic acids is 1. The number of morpholine rings is 1. The van der Waals surface area contributed by atoms with Gasteiger partial charge in [-0.3, -0.25) is 9.69 Å². The maximum absolute atomic E-state index is 13.6. The van der Waals surface area contributed by atoms with Gasteiger partial charge in [-0.25, -0.2) is 14.4 Å². The van der Waals surface area contributed by atoms with E-state index in [2.05, 4.69) is 25.5 Å². The fraction of sp³-hybridized carbons (Fsp3) is 0.389. The summed E-state index contributed by atoms with van der Waals surface area (Å²) in [6.45, 7) is 5.17. The fourth-order valence-corrected chi connectivity index (χ4v) is 2.61. The normalized spacial score (nSPS) is 14.8. The predicted molar refractivity (Wildman–Crippen MR) is 95.4 cm³/mol. The number of nitrogens with one attached hydrogen (secondary N) is 2. The highest BCUT2D eigenvalue weighted by Gasteiger charge is 2.11. The highest BCUT2D eigenvalue weighted by molar-refractivity contribution is 5.91. The third kappa shape index (κ3) is 5.21. The first-order valence-electron chi connectivity index (χ1n) is 8.60. The van der Waals surface area contributed by atoms with E-state index >= 15 is 0 Å². The molecule has 1 saturated heterocycles. The number of aromatic nitrogens is 2. The molecule has 2 N–H and O–H groups in total. The van der Waals surface area contributed by atoms with Crippen LogP contribution < -0.4 is 10.6 Å². The highest BCUT2D eigenvalue weighted by Crippen LogP contribution is 2.06. The second kappa shape index (κ2) is 9.21. The molecule has 0 saturated carbocycles. The Labute approximate surface area is 151 Å². The molecule has 2 aromatic rings. The van der Waals surface area contributed by atoms with E-state index in [4.69, 9.17) is 4.74 Å². The van der Waals surface area contributed by atoms with Crippen LogP contribution in [0, 0.1) is 5.82 Å². The Morgan fingerprint density at radius 1 is 1.19 bits per heavy atom. The maximum Gasteiger partial charge on any atom is 0.271 e. The molecule has 1 aromatic heterocycles. The Kier molecular flexibility index (Phi) is 6.45. The van der Waals surface area contributed by atoms with Crippen LogP contribution >= 0.6 is 0 Å². The van der Waals surface area contributed by atoms with Gasteiger partial charge in [-0.15, -0.1) is 0 Å². The SMILES string of the molecule is O=C(NCc1ccccc1F)c1cnc(NCCN2CCOCC2)cn1. The summed E-state index contributed by atoms with van der Waals surface area (Å²) in [5.41, 5.74) is 0.621. The molecule has 138 valence electrons. The number of amides is 1. The molecule has 1 aliphatic rings. The Bertz CT molecular complexity index is 720. The summed E-state index contributed by atoms with van der Waals surface area (Å²) >= 11 is 0. The lowest BCUT2D eigenvalue weighted by Crippen LogP contribution is -2.39. The highest BCUT2D eigenvalue weighted by atomic mass is 19.1. The molecule has 0 radical (unpaired) electrons. The molecule has 0 spiro atoms. The Morgan fingerprint density at radius 2 is 2.00 bits per heavy atom. The molecule has 1 amide bonds. The minimum atomic E-state index is -0.388. The van der Waals surface area contributed by atoms with Crippen LogP contribution in [0.1, 0.15) is 16.1 Å². The Balaban J connectivity index is 1.44. The number of anilines is 1. The van der Waals surface area contributed by atoms with Gasteiger partial charge in [-0.1, -0.05) is 18.2 Å². The van der Waals surface area contributed by atoms with Gasteiger partial charge in [0, 0.05) is 38.3 Å². The van der Waals surface area contributed by atoms with Crippen molar-refractivity contribution in [2.75, 3.05) is 44.7 Å². The third-order valence-corrected chi connectivity index (χ3v) is 4.12. The fourth-order valence-electron chi connectivity index (χ4n) is 2.61. The largest absolute Gasteiger partial charge is 0.379 e. The molecule has 0 aliphatic carbocycles. The van der Waals surface area contributed by atoms with Gasteiger partial charge < -0.3 is 15.4 Å². The number of carbonyl (C=O) groups is 1. The van der Waals surface area contributed by atoms with Gasteiger partial charge >= 0.3 is 0 Å². The summed E-state index contributed by atoms with van der Waals surface area (Å²) in [7, 11) is 0. The van der Waals surface area contributed by atoms with E-state index < -0.39 is 0 Å². The molecule has 1 fully saturated rings. The van der Waals surface area contributed by atoms with E-state index in [0.29, 0.717) is 11.4 Å². The second-order valence-corrected chi connectivity index (χ2v) is 5.94. The summed E-state index contributed by atoms with van der Waals surface area (Å²) in [6, 6.07) is 6.32. The molecule has 0 bridgehead atoms. The molecule has 7 nitrogen and oxygen atoms in total.